The Morgan fingerprint density at radius 2 is 1.97 bits per heavy atom. The van der Waals surface area contributed by atoms with E-state index >= 15 is 0 Å². The highest BCUT2D eigenvalue weighted by Gasteiger charge is 2.29. The quantitative estimate of drug-likeness (QED) is 0.604. The van der Waals surface area contributed by atoms with Gasteiger partial charge in [-0.05, 0) is 43.2 Å². The third-order valence-corrected chi connectivity index (χ3v) is 4.91. The Labute approximate surface area is 192 Å². The summed E-state index contributed by atoms with van der Waals surface area (Å²) in [5.41, 5.74) is 4.59. The van der Waals surface area contributed by atoms with Gasteiger partial charge in [-0.2, -0.15) is 0 Å². The lowest BCUT2D eigenvalue weighted by molar-refractivity contribution is 0.0963. The minimum absolute atomic E-state index is 0.173. The molecule has 2 aromatic rings. The predicted molar refractivity (Wildman–Crippen MR) is 132 cm³/mol. The molecule has 2 aromatic heterocycles. The van der Waals surface area contributed by atoms with Crippen molar-refractivity contribution in [3.8, 4) is 0 Å². The molecule has 3 N–H and O–H groups in total. The second-order valence-electron chi connectivity index (χ2n) is 7.52. The first-order chi connectivity index (χ1) is 15.4. The number of pyridine rings is 1. The van der Waals surface area contributed by atoms with Crippen LogP contribution in [0, 0.1) is 5.41 Å². The van der Waals surface area contributed by atoms with E-state index < -0.39 is 0 Å². The van der Waals surface area contributed by atoms with Gasteiger partial charge in [0.1, 0.15) is 12.1 Å². The lowest BCUT2D eigenvalue weighted by Crippen LogP contribution is -2.20. The van der Waals surface area contributed by atoms with Crippen molar-refractivity contribution in [1.82, 2.24) is 25.6 Å². The number of anilines is 1. The molecule has 7 nitrogen and oxygen atoms in total. The van der Waals surface area contributed by atoms with E-state index in [1.54, 1.807) is 43.2 Å². The van der Waals surface area contributed by atoms with Crippen molar-refractivity contribution in [2.75, 3.05) is 18.9 Å². The summed E-state index contributed by atoms with van der Waals surface area (Å²) in [6, 6.07) is 5.24. The van der Waals surface area contributed by atoms with E-state index in [-0.39, 0.29) is 5.91 Å². The number of carbonyl (C=O) groups excluding carboxylic acids is 1. The highest BCUT2D eigenvalue weighted by atomic mass is 16.1. The number of carbonyl (C=O) groups is 1. The standard InChI is InChI=1S/C12H13N5O.C11H19N.C2H6/c1-13-12(18)10-3-2-5-15-11(10)16-7-9-4-6-14-8-17-9;1-5-7-10-9(6-2)11(3,4)8-12-10;1-2/h2-6,8H,7H2,1H3,(H,13,18)(H,15,16);5,7,12H,6,8H2,1-4H3;1-2H3/b;7-5-;. The summed E-state index contributed by atoms with van der Waals surface area (Å²) < 4.78 is 0. The normalized spacial score (nSPS) is 14.0. The Morgan fingerprint density at radius 1 is 1.22 bits per heavy atom. The predicted octanol–water partition coefficient (Wildman–Crippen LogP) is 4.73. The first kappa shape index (κ1) is 26.8. The zero-order valence-corrected chi connectivity index (χ0v) is 20.5. The first-order valence-electron chi connectivity index (χ1n) is 11.2. The van der Waals surface area contributed by atoms with Crippen molar-refractivity contribution in [2.24, 2.45) is 5.41 Å². The van der Waals surface area contributed by atoms with Crippen LogP contribution < -0.4 is 16.0 Å². The monoisotopic (exact) mass is 438 g/mol. The van der Waals surface area contributed by atoms with Gasteiger partial charge >= 0.3 is 0 Å². The lowest BCUT2D eigenvalue weighted by atomic mass is 9.84. The zero-order chi connectivity index (χ0) is 24.0. The summed E-state index contributed by atoms with van der Waals surface area (Å²) in [7, 11) is 1.59. The van der Waals surface area contributed by atoms with Crippen LogP contribution in [-0.4, -0.2) is 34.5 Å². The average Bonchev–Trinajstić information content (AvgIpc) is 3.13. The number of nitrogens with one attached hydrogen (secondary N) is 3. The topological polar surface area (TPSA) is 91.8 Å². The third-order valence-electron chi connectivity index (χ3n) is 4.91. The van der Waals surface area contributed by atoms with E-state index in [4.69, 9.17) is 0 Å². The second kappa shape index (κ2) is 14.0. The van der Waals surface area contributed by atoms with E-state index in [9.17, 15) is 4.79 Å². The Bertz CT molecular complexity index is 890. The molecule has 0 saturated heterocycles. The van der Waals surface area contributed by atoms with E-state index in [0.29, 0.717) is 23.3 Å². The van der Waals surface area contributed by atoms with Crippen molar-refractivity contribution in [3.05, 3.63) is 71.6 Å². The molecule has 0 bridgehead atoms. The SMILES string of the molecule is C/C=C\C1=C(CC)C(C)(C)CN1.CC.CNC(=O)c1cccnc1NCc1ccncn1. The molecule has 0 fully saturated rings. The number of amides is 1. The van der Waals surface area contributed by atoms with Gasteiger partial charge in [-0.3, -0.25) is 4.79 Å². The van der Waals surface area contributed by atoms with Gasteiger partial charge in [0.15, 0.2) is 0 Å². The summed E-state index contributed by atoms with van der Waals surface area (Å²) in [6.45, 7) is 14.5. The molecule has 3 rings (SSSR count). The molecule has 0 atom stereocenters. The Kier molecular flexibility index (Phi) is 11.7. The summed E-state index contributed by atoms with van der Waals surface area (Å²) in [5, 5.41) is 9.10. The van der Waals surface area contributed by atoms with E-state index in [1.807, 2.05) is 13.8 Å². The van der Waals surface area contributed by atoms with Crippen LogP contribution in [0.5, 0.6) is 0 Å². The number of hydrogen-bond donors (Lipinski definition) is 3. The van der Waals surface area contributed by atoms with Crippen molar-refractivity contribution in [2.45, 2.75) is 54.5 Å². The Morgan fingerprint density at radius 3 is 2.56 bits per heavy atom. The van der Waals surface area contributed by atoms with Crippen LogP contribution in [0.4, 0.5) is 5.82 Å². The molecule has 1 aliphatic rings. The maximum atomic E-state index is 11.6. The van der Waals surface area contributed by atoms with Gasteiger partial charge in [-0.15, -0.1) is 0 Å². The fourth-order valence-corrected chi connectivity index (χ4v) is 3.35. The number of rotatable bonds is 6. The first-order valence-corrected chi connectivity index (χ1v) is 11.2. The van der Waals surface area contributed by atoms with Gasteiger partial charge in [0, 0.05) is 37.1 Å². The van der Waals surface area contributed by atoms with Crippen molar-refractivity contribution in [1.29, 1.82) is 0 Å². The van der Waals surface area contributed by atoms with Crippen LogP contribution in [-0.2, 0) is 6.54 Å². The molecule has 7 heteroatoms. The van der Waals surface area contributed by atoms with Crippen LogP contribution in [0.25, 0.3) is 0 Å². The second-order valence-corrected chi connectivity index (χ2v) is 7.52. The maximum absolute atomic E-state index is 11.6. The average molecular weight is 439 g/mol. The molecule has 1 aliphatic heterocycles. The molecular formula is C25H38N6O. The molecule has 1 amide bonds. The minimum Gasteiger partial charge on any atom is -0.384 e. The molecule has 174 valence electrons. The highest BCUT2D eigenvalue weighted by Crippen LogP contribution is 2.35. The summed E-state index contributed by atoms with van der Waals surface area (Å²) >= 11 is 0. The summed E-state index contributed by atoms with van der Waals surface area (Å²) in [4.78, 5) is 23.7. The maximum Gasteiger partial charge on any atom is 0.254 e. The van der Waals surface area contributed by atoms with Crippen LogP contribution in [0.3, 0.4) is 0 Å². The highest BCUT2D eigenvalue weighted by molar-refractivity contribution is 5.98. The zero-order valence-electron chi connectivity index (χ0n) is 20.5. The minimum atomic E-state index is -0.173. The molecule has 0 spiro atoms. The van der Waals surface area contributed by atoms with Gasteiger partial charge in [0.25, 0.3) is 5.91 Å². The molecule has 32 heavy (non-hydrogen) atoms. The fourth-order valence-electron chi connectivity index (χ4n) is 3.35. The van der Waals surface area contributed by atoms with Crippen LogP contribution in [0.1, 0.15) is 64.0 Å². The van der Waals surface area contributed by atoms with E-state index in [0.717, 1.165) is 18.7 Å². The molecule has 0 saturated carbocycles. The van der Waals surface area contributed by atoms with Crippen LogP contribution in [0.2, 0.25) is 0 Å². The largest absolute Gasteiger partial charge is 0.384 e. The van der Waals surface area contributed by atoms with Crippen molar-refractivity contribution >= 4 is 11.7 Å². The number of hydrogen-bond acceptors (Lipinski definition) is 6. The summed E-state index contributed by atoms with van der Waals surface area (Å²) in [6.07, 6.45) is 10.2. The summed E-state index contributed by atoms with van der Waals surface area (Å²) in [5.74, 6) is 0.365. The Balaban J connectivity index is 0.000000318. The molecule has 0 radical (unpaired) electrons. The molecule has 0 aromatic carbocycles. The Hall–Kier alpha value is -3.22. The van der Waals surface area contributed by atoms with Gasteiger partial charge in [-0.1, -0.05) is 40.7 Å². The number of allylic oxidation sites excluding steroid dienone is 2. The third kappa shape index (κ3) is 7.80. The van der Waals surface area contributed by atoms with E-state index in [1.165, 1.54) is 12.0 Å². The van der Waals surface area contributed by atoms with Gasteiger partial charge in [0.05, 0.1) is 17.8 Å². The molecule has 3 heterocycles. The van der Waals surface area contributed by atoms with Crippen molar-refractivity contribution in [3.63, 3.8) is 0 Å². The molecular weight excluding hydrogens is 400 g/mol. The van der Waals surface area contributed by atoms with Crippen LogP contribution >= 0.6 is 0 Å². The van der Waals surface area contributed by atoms with Gasteiger partial charge < -0.3 is 16.0 Å². The fraction of sp³-hybridized carbons (Fsp3) is 0.440. The van der Waals surface area contributed by atoms with Crippen LogP contribution in [0.15, 0.2) is 60.3 Å². The van der Waals surface area contributed by atoms with E-state index in [2.05, 4.69) is 70.7 Å². The number of nitrogens with zero attached hydrogens (tertiary/aromatic N) is 3. The smallest absolute Gasteiger partial charge is 0.254 e. The lowest BCUT2D eigenvalue weighted by Gasteiger charge is -2.19. The van der Waals surface area contributed by atoms with Crippen molar-refractivity contribution < 1.29 is 4.79 Å². The molecule has 0 aliphatic carbocycles. The van der Waals surface area contributed by atoms with Gasteiger partial charge in [0.2, 0.25) is 0 Å². The molecule has 0 unspecified atom stereocenters. The number of aromatic nitrogens is 3. The van der Waals surface area contributed by atoms with Gasteiger partial charge in [-0.25, -0.2) is 15.0 Å².